The third-order valence-corrected chi connectivity index (χ3v) is 4.45. The van der Waals surface area contributed by atoms with Gasteiger partial charge in [-0.1, -0.05) is 13.8 Å². The Kier molecular flexibility index (Phi) is 5.92. The van der Waals surface area contributed by atoms with Gasteiger partial charge in [-0.25, -0.2) is 0 Å². The monoisotopic (exact) mass is 291 g/mol. The Labute approximate surface area is 129 Å². The van der Waals surface area contributed by atoms with Crippen molar-refractivity contribution in [3.63, 3.8) is 0 Å². The van der Waals surface area contributed by atoms with Crippen LogP contribution < -0.4 is 9.47 Å². The van der Waals surface area contributed by atoms with E-state index < -0.39 is 0 Å². The fraction of sp³-hybridized carbons (Fsp3) is 0.667. The molecule has 0 radical (unpaired) electrons. The number of benzene rings is 1. The molecular weight excluding hydrogens is 262 g/mol. The quantitative estimate of drug-likeness (QED) is 0.765. The van der Waals surface area contributed by atoms with Gasteiger partial charge in [0, 0.05) is 12.1 Å². The smallest absolute Gasteiger partial charge is 0.126 e. The highest BCUT2D eigenvalue weighted by Crippen LogP contribution is 2.35. The fourth-order valence-electron chi connectivity index (χ4n) is 3.47. The van der Waals surface area contributed by atoms with Gasteiger partial charge in [-0.3, -0.25) is 0 Å². The van der Waals surface area contributed by atoms with Crippen molar-refractivity contribution in [1.29, 1.82) is 0 Å². The second-order valence-corrected chi connectivity index (χ2v) is 5.90. The van der Waals surface area contributed by atoms with Gasteiger partial charge >= 0.3 is 0 Å². The molecule has 0 spiro atoms. The van der Waals surface area contributed by atoms with E-state index in [2.05, 4.69) is 24.8 Å². The highest BCUT2D eigenvalue weighted by molar-refractivity contribution is 5.48. The third kappa shape index (κ3) is 3.70. The third-order valence-electron chi connectivity index (χ3n) is 4.45. The van der Waals surface area contributed by atoms with E-state index in [1.54, 1.807) is 14.2 Å². The first kappa shape index (κ1) is 16.2. The van der Waals surface area contributed by atoms with Crippen LogP contribution in [0, 0.1) is 0 Å². The molecule has 2 rings (SSSR count). The molecule has 1 aliphatic rings. The van der Waals surface area contributed by atoms with Crippen LogP contribution in [0.4, 0.5) is 0 Å². The van der Waals surface area contributed by atoms with Crippen molar-refractivity contribution in [3.05, 3.63) is 23.3 Å². The minimum Gasteiger partial charge on any atom is -0.497 e. The molecule has 3 nitrogen and oxygen atoms in total. The molecule has 1 aromatic rings. The maximum Gasteiger partial charge on any atom is 0.126 e. The Hall–Kier alpha value is -1.22. The number of ether oxygens (including phenoxy) is 2. The van der Waals surface area contributed by atoms with E-state index in [1.165, 1.54) is 43.5 Å². The first-order valence-electron chi connectivity index (χ1n) is 8.21. The van der Waals surface area contributed by atoms with Crippen molar-refractivity contribution in [1.82, 2.24) is 4.90 Å². The normalized spacial score (nSPS) is 17.7. The topological polar surface area (TPSA) is 21.7 Å². The maximum atomic E-state index is 5.55. The molecule has 0 heterocycles. The van der Waals surface area contributed by atoms with Crippen LogP contribution in [-0.2, 0) is 12.8 Å². The van der Waals surface area contributed by atoms with Crippen molar-refractivity contribution in [3.8, 4) is 11.5 Å². The van der Waals surface area contributed by atoms with E-state index in [0.29, 0.717) is 6.04 Å². The number of hydrogen-bond donors (Lipinski definition) is 0. The molecule has 0 bridgehead atoms. The second kappa shape index (κ2) is 7.69. The van der Waals surface area contributed by atoms with Gasteiger partial charge in [-0.05, 0) is 62.4 Å². The summed E-state index contributed by atoms with van der Waals surface area (Å²) in [7, 11) is 3.48. The number of rotatable bonds is 7. The van der Waals surface area contributed by atoms with Crippen LogP contribution in [0.3, 0.4) is 0 Å². The highest BCUT2D eigenvalue weighted by Gasteiger charge is 2.26. The van der Waals surface area contributed by atoms with Crippen molar-refractivity contribution >= 4 is 0 Å². The van der Waals surface area contributed by atoms with E-state index in [4.69, 9.17) is 9.47 Å². The minimum atomic E-state index is 0.661. The lowest BCUT2D eigenvalue weighted by Crippen LogP contribution is -2.40. The molecule has 1 aromatic carbocycles. The van der Waals surface area contributed by atoms with Crippen LogP contribution in [0.15, 0.2) is 12.1 Å². The molecule has 0 N–H and O–H groups in total. The summed E-state index contributed by atoms with van der Waals surface area (Å²) in [6.07, 6.45) is 5.91. The van der Waals surface area contributed by atoms with Gasteiger partial charge in [0.2, 0.25) is 0 Å². The van der Waals surface area contributed by atoms with Gasteiger partial charge < -0.3 is 14.4 Å². The number of nitrogens with zero attached hydrogens (tertiary/aromatic N) is 1. The van der Waals surface area contributed by atoms with Gasteiger partial charge in [-0.15, -0.1) is 0 Å². The summed E-state index contributed by atoms with van der Waals surface area (Å²) in [5.41, 5.74) is 2.78. The van der Waals surface area contributed by atoms with Gasteiger partial charge in [0.05, 0.1) is 14.2 Å². The summed E-state index contributed by atoms with van der Waals surface area (Å²) < 4.78 is 11.0. The van der Waals surface area contributed by atoms with Gasteiger partial charge in [-0.2, -0.15) is 0 Å². The molecule has 0 amide bonds. The molecule has 0 saturated heterocycles. The molecule has 1 aliphatic carbocycles. The molecule has 21 heavy (non-hydrogen) atoms. The van der Waals surface area contributed by atoms with Crippen LogP contribution in [-0.4, -0.2) is 38.3 Å². The fourth-order valence-corrected chi connectivity index (χ4v) is 3.47. The first-order valence-corrected chi connectivity index (χ1v) is 8.21. The lowest BCUT2D eigenvalue weighted by Gasteiger charge is -2.35. The van der Waals surface area contributed by atoms with Crippen molar-refractivity contribution in [2.45, 2.75) is 52.0 Å². The van der Waals surface area contributed by atoms with Gasteiger partial charge in [0.1, 0.15) is 11.5 Å². The van der Waals surface area contributed by atoms with Crippen LogP contribution in [0.2, 0.25) is 0 Å². The Morgan fingerprint density at radius 1 is 1.10 bits per heavy atom. The summed E-state index contributed by atoms with van der Waals surface area (Å²) in [6.45, 7) is 6.95. The SMILES string of the molecule is CCCN(CCC)[C@H]1CCc2c(cc(OC)cc2OC)C1. The Morgan fingerprint density at radius 3 is 2.38 bits per heavy atom. The van der Waals surface area contributed by atoms with Crippen molar-refractivity contribution < 1.29 is 9.47 Å². The van der Waals surface area contributed by atoms with E-state index in [1.807, 2.05) is 6.07 Å². The van der Waals surface area contributed by atoms with E-state index in [0.717, 1.165) is 24.3 Å². The maximum absolute atomic E-state index is 5.55. The Bertz CT molecular complexity index is 453. The number of methoxy groups -OCH3 is 2. The van der Waals surface area contributed by atoms with Gasteiger partial charge in [0.25, 0.3) is 0 Å². The molecule has 0 aromatic heterocycles. The lowest BCUT2D eigenvalue weighted by atomic mass is 9.86. The zero-order valence-corrected chi connectivity index (χ0v) is 13.9. The zero-order valence-electron chi connectivity index (χ0n) is 13.9. The minimum absolute atomic E-state index is 0.661. The molecular formula is C18H29NO2. The second-order valence-electron chi connectivity index (χ2n) is 5.90. The van der Waals surface area contributed by atoms with Crippen molar-refractivity contribution in [2.24, 2.45) is 0 Å². The summed E-state index contributed by atoms with van der Waals surface area (Å²) >= 11 is 0. The van der Waals surface area contributed by atoms with Crippen LogP contribution in [0.25, 0.3) is 0 Å². The predicted octanol–water partition coefficient (Wildman–Crippen LogP) is 3.68. The number of fused-ring (bicyclic) bond motifs is 1. The summed E-state index contributed by atoms with van der Waals surface area (Å²) in [6, 6.07) is 4.86. The van der Waals surface area contributed by atoms with Crippen LogP contribution >= 0.6 is 0 Å². The molecule has 0 saturated carbocycles. The molecule has 3 heteroatoms. The lowest BCUT2D eigenvalue weighted by molar-refractivity contribution is 0.179. The zero-order chi connectivity index (χ0) is 15.2. The average Bonchev–Trinajstić information content (AvgIpc) is 2.52. The number of hydrogen-bond acceptors (Lipinski definition) is 3. The largest absolute Gasteiger partial charge is 0.497 e. The summed E-state index contributed by atoms with van der Waals surface area (Å²) in [5, 5.41) is 0. The standard InChI is InChI=1S/C18H29NO2/c1-5-9-19(10-6-2)15-7-8-17-14(11-15)12-16(20-3)13-18(17)21-4/h12-13,15H,5-11H2,1-4H3/t15-/m0/s1. The first-order chi connectivity index (χ1) is 10.2. The molecule has 0 aliphatic heterocycles. The summed E-state index contributed by atoms with van der Waals surface area (Å²) in [4.78, 5) is 2.66. The molecule has 0 fully saturated rings. The van der Waals surface area contributed by atoms with E-state index >= 15 is 0 Å². The molecule has 118 valence electrons. The Morgan fingerprint density at radius 2 is 1.81 bits per heavy atom. The van der Waals surface area contributed by atoms with Crippen LogP contribution in [0.1, 0.15) is 44.2 Å². The summed E-state index contributed by atoms with van der Waals surface area (Å²) in [5.74, 6) is 1.89. The van der Waals surface area contributed by atoms with E-state index in [-0.39, 0.29) is 0 Å². The van der Waals surface area contributed by atoms with Gasteiger partial charge in [0.15, 0.2) is 0 Å². The Balaban J connectivity index is 2.22. The average molecular weight is 291 g/mol. The van der Waals surface area contributed by atoms with Crippen LogP contribution in [0.5, 0.6) is 11.5 Å². The van der Waals surface area contributed by atoms with E-state index in [9.17, 15) is 0 Å². The van der Waals surface area contributed by atoms with Crippen molar-refractivity contribution in [2.75, 3.05) is 27.3 Å². The highest BCUT2D eigenvalue weighted by atomic mass is 16.5. The molecule has 0 unspecified atom stereocenters. The molecule has 1 atom stereocenters. The predicted molar refractivity (Wildman–Crippen MR) is 87.5 cm³/mol.